The van der Waals surface area contributed by atoms with E-state index in [0.717, 1.165) is 38.5 Å². The molecule has 5 nitrogen and oxygen atoms in total. The van der Waals surface area contributed by atoms with E-state index in [0.29, 0.717) is 18.3 Å². The number of nitrogens with two attached hydrogens (primary N) is 1. The second kappa shape index (κ2) is 5.80. The zero-order valence-electron chi connectivity index (χ0n) is 11.3. The van der Waals surface area contributed by atoms with E-state index in [1.54, 1.807) is 0 Å². The largest absolute Gasteiger partial charge is 0.367 e. The van der Waals surface area contributed by atoms with Crippen molar-refractivity contribution in [1.29, 1.82) is 0 Å². The monoisotopic (exact) mass is 253 g/mol. The van der Waals surface area contributed by atoms with Crippen LogP contribution in [-0.2, 0) is 10.3 Å². The van der Waals surface area contributed by atoms with Gasteiger partial charge in [-0.1, -0.05) is 18.5 Å². The zero-order chi connectivity index (χ0) is 13.0. The Kier molecular flexibility index (Phi) is 4.35. The average molecular weight is 253 g/mol. The van der Waals surface area contributed by atoms with Gasteiger partial charge in [-0.05, 0) is 39.0 Å². The van der Waals surface area contributed by atoms with Crippen LogP contribution in [0, 0.1) is 0 Å². The molecule has 2 rings (SSSR count). The van der Waals surface area contributed by atoms with Crippen molar-refractivity contribution in [1.82, 2.24) is 10.1 Å². The van der Waals surface area contributed by atoms with Gasteiger partial charge in [0.15, 0.2) is 0 Å². The third-order valence-corrected chi connectivity index (χ3v) is 3.60. The van der Waals surface area contributed by atoms with Gasteiger partial charge in [-0.2, -0.15) is 4.98 Å². The van der Waals surface area contributed by atoms with E-state index in [4.69, 9.17) is 15.0 Å². The first-order chi connectivity index (χ1) is 8.72. The van der Waals surface area contributed by atoms with Gasteiger partial charge in [-0.15, -0.1) is 0 Å². The SMILES string of the molecule is CCC[C@@H](N)c1nc(C2(OCC)CCCC2)no1. The molecule has 0 bridgehead atoms. The van der Waals surface area contributed by atoms with E-state index in [9.17, 15) is 0 Å². The summed E-state index contributed by atoms with van der Waals surface area (Å²) < 4.78 is 11.2. The molecule has 1 aliphatic rings. The fourth-order valence-electron chi connectivity index (χ4n) is 2.66. The minimum absolute atomic E-state index is 0.156. The van der Waals surface area contributed by atoms with Gasteiger partial charge in [0, 0.05) is 6.61 Å². The van der Waals surface area contributed by atoms with Crippen molar-refractivity contribution in [3.8, 4) is 0 Å². The first-order valence-corrected chi connectivity index (χ1v) is 6.95. The molecule has 0 spiro atoms. The molecule has 0 unspecified atom stereocenters. The fourth-order valence-corrected chi connectivity index (χ4v) is 2.66. The summed E-state index contributed by atoms with van der Waals surface area (Å²) >= 11 is 0. The van der Waals surface area contributed by atoms with Crippen LogP contribution in [-0.4, -0.2) is 16.7 Å². The Balaban J connectivity index is 2.16. The molecule has 1 fully saturated rings. The second-order valence-electron chi connectivity index (χ2n) is 4.99. The third kappa shape index (κ3) is 2.57. The van der Waals surface area contributed by atoms with Gasteiger partial charge < -0.3 is 15.0 Å². The van der Waals surface area contributed by atoms with E-state index in [1.165, 1.54) is 0 Å². The molecule has 1 aliphatic carbocycles. The molecule has 2 N–H and O–H groups in total. The topological polar surface area (TPSA) is 74.2 Å². The van der Waals surface area contributed by atoms with Crippen LogP contribution >= 0.6 is 0 Å². The second-order valence-corrected chi connectivity index (χ2v) is 4.99. The summed E-state index contributed by atoms with van der Waals surface area (Å²) in [6, 6.07) is -0.156. The van der Waals surface area contributed by atoms with Crippen LogP contribution in [0.5, 0.6) is 0 Å². The van der Waals surface area contributed by atoms with Crippen molar-refractivity contribution in [2.75, 3.05) is 6.61 Å². The van der Waals surface area contributed by atoms with Gasteiger partial charge >= 0.3 is 0 Å². The maximum Gasteiger partial charge on any atom is 0.243 e. The van der Waals surface area contributed by atoms with Crippen molar-refractivity contribution in [2.24, 2.45) is 5.73 Å². The predicted molar refractivity (Wildman–Crippen MR) is 67.9 cm³/mol. The predicted octanol–water partition coefficient (Wildman–Crippen LogP) is 2.68. The molecule has 0 aromatic carbocycles. The number of hydrogen-bond acceptors (Lipinski definition) is 5. The van der Waals surface area contributed by atoms with Crippen LogP contribution in [0.1, 0.15) is 70.1 Å². The molecule has 1 aromatic heterocycles. The van der Waals surface area contributed by atoms with E-state index < -0.39 is 0 Å². The molecule has 1 saturated carbocycles. The number of aromatic nitrogens is 2. The zero-order valence-corrected chi connectivity index (χ0v) is 11.3. The summed E-state index contributed by atoms with van der Waals surface area (Å²) in [5.74, 6) is 1.22. The fraction of sp³-hybridized carbons (Fsp3) is 0.846. The van der Waals surface area contributed by atoms with Gasteiger partial charge in [0.05, 0.1) is 6.04 Å². The maximum absolute atomic E-state index is 6.00. The van der Waals surface area contributed by atoms with Crippen molar-refractivity contribution in [3.63, 3.8) is 0 Å². The molecule has 5 heteroatoms. The van der Waals surface area contributed by atoms with E-state index >= 15 is 0 Å². The van der Waals surface area contributed by atoms with E-state index in [1.807, 2.05) is 6.92 Å². The van der Waals surface area contributed by atoms with Gasteiger partial charge in [-0.25, -0.2) is 0 Å². The Morgan fingerprint density at radius 3 is 2.72 bits per heavy atom. The summed E-state index contributed by atoms with van der Waals surface area (Å²) in [6.45, 7) is 4.77. The average Bonchev–Trinajstić information content (AvgIpc) is 2.98. The third-order valence-electron chi connectivity index (χ3n) is 3.60. The number of nitrogens with zero attached hydrogens (tertiary/aromatic N) is 2. The van der Waals surface area contributed by atoms with E-state index in [2.05, 4.69) is 17.1 Å². The lowest BCUT2D eigenvalue weighted by atomic mass is 10.0. The molecule has 1 aromatic rings. The van der Waals surface area contributed by atoms with E-state index in [-0.39, 0.29) is 11.6 Å². The molecule has 102 valence electrons. The number of rotatable bonds is 6. The van der Waals surface area contributed by atoms with Crippen molar-refractivity contribution in [3.05, 3.63) is 11.7 Å². The molecular formula is C13H23N3O2. The van der Waals surface area contributed by atoms with Crippen molar-refractivity contribution in [2.45, 2.75) is 64.0 Å². The highest BCUT2D eigenvalue weighted by molar-refractivity contribution is 5.05. The molecular weight excluding hydrogens is 230 g/mol. The first kappa shape index (κ1) is 13.5. The summed E-state index contributed by atoms with van der Waals surface area (Å²) in [5, 5.41) is 4.10. The summed E-state index contributed by atoms with van der Waals surface area (Å²) in [7, 11) is 0. The van der Waals surface area contributed by atoms with Crippen molar-refractivity contribution >= 4 is 0 Å². The van der Waals surface area contributed by atoms with Crippen LogP contribution in [0.15, 0.2) is 4.52 Å². The highest BCUT2D eigenvalue weighted by atomic mass is 16.5. The molecule has 0 amide bonds. The molecule has 0 saturated heterocycles. The van der Waals surface area contributed by atoms with Gasteiger partial charge in [-0.3, -0.25) is 0 Å². The van der Waals surface area contributed by atoms with Crippen LogP contribution < -0.4 is 5.73 Å². The normalized spacial score (nSPS) is 20.2. The molecule has 0 radical (unpaired) electrons. The Bertz CT molecular complexity index is 372. The number of ether oxygens (including phenoxy) is 1. The Morgan fingerprint density at radius 1 is 1.39 bits per heavy atom. The van der Waals surface area contributed by atoms with Gasteiger partial charge in [0.2, 0.25) is 11.7 Å². The van der Waals surface area contributed by atoms with Gasteiger partial charge in [0.25, 0.3) is 0 Å². The standard InChI is InChI=1S/C13H23N3O2/c1-3-7-10(14)11-15-12(16-18-11)13(17-4-2)8-5-6-9-13/h10H,3-9,14H2,1-2H3/t10-/m1/s1. The molecule has 0 aliphatic heterocycles. The van der Waals surface area contributed by atoms with Crippen LogP contribution in [0.3, 0.4) is 0 Å². The molecule has 18 heavy (non-hydrogen) atoms. The Hall–Kier alpha value is -0.940. The highest BCUT2D eigenvalue weighted by Crippen LogP contribution is 2.40. The summed E-state index contributed by atoms with van der Waals surface area (Å²) in [4.78, 5) is 4.47. The lowest BCUT2D eigenvalue weighted by molar-refractivity contribution is -0.0469. The summed E-state index contributed by atoms with van der Waals surface area (Å²) in [6.07, 6.45) is 6.14. The lowest BCUT2D eigenvalue weighted by Crippen LogP contribution is -2.27. The first-order valence-electron chi connectivity index (χ1n) is 6.95. The minimum Gasteiger partial charge on any atom is -0.367 e. The quantitative estimate of drug-likeness (QED) is 0.843. The highest BCUT2D eigenvalue weighted by Gasteiger charge is 2.41. The maximum atomic E-state index is 6.00. The van der Waals surface area contributed by atoms with Crippen molar-refractivity contribution < 1.29 is 9.26 Å². The Morgan fingerprint density at radius 2 is 2.11 bits per heavy atom. The lowest BCUT2D eigenvalue weighted by Gasteiger charge is -2.24. The number of hydrogen-bond donors (Lipinski definition) is 1. The van der Waals surface area contributed by atoms with Crippen LogP contribution in [0.4, 0.5) is 0 Å². The van der Waals surface area contributed by atoms with Gasteiger partial charge in [0.1, 0.15) is 5.60 Å². The molecule has 1 heterocycles. The molecule has 1 atom stereocenters. The smallest absolute Gasteiger partial charge is 0.243 e. The summed E-state index contributed by atoms with van der Waals surface area (Å²) in [5.41, 5.74) is 5.67. The van der Waals surface area contributed by atoms with Crippen LogP contribution in [0.2, 0.25) is 0 Å². The Labute approximate surface area is 108 Å². The minimum atomic E-state index is -0.331. The van der Waals surface area contributed by atoms with Crippen LogP contribution in [0.25, 0.3) is 0 Å².